The number of hydrogen-bond donors (Lipinski definition) is 0. The van der Waals surface area contributed by atoms with Crippen LogP contribution in [0.3, 0.4) is 0 Å². The molecule has 0 spiro atoms. The molecule has 7 nitrogen and oxygen atoms in total. The van der Waals surface area contributed by atoms with Gasteiger partial charge < -0.3 is 14.5 Å². The lowest BCUT2D eigenvalue weighted by atomic mass is 10.2. The molecule has 0 saturated carbocycles. The van der Waals surface area contributed by atoms with Gasteiger partial charge in [0.25, 0.3) is 0 Å². The van der Waals surface area contributed by atoms with Gasteiger partial charge in [-0.05, 0) is 19.8 Å². The summed E-state index contributed by atoms with van der Waals surface area (Å²) in [6.45, 7) is 6.09. The fraction of sp³-hybridized carbons (Fsp3) is 0.706. The van der Waals surface area contributed by atoms with Crippen molar-refractivity contribution in [2.24, 2.45) is 0 Å². The molecule has 2 aliphatic rings. The summed E-state index contributed by atoms with van der Waals surface area (Å²) >= 11 is 0. The van der Waals surface area contributed by atoms with Gasteiger partial charge in [-0.25, -0.2) is 9.97 Å². The minimum atomic E-state index is -0.0658. The first-order chi connectivity index (χ1) is 11.5. The average Bonchev–Trinajstić information content (AvgIpc) is 3.09. The summed E-state index contributed by atoms with van der Waals surface area (Å²) in [5.74, 6) is 1.83. The molecule has 7 heteroatoms. The monoisotopic (exact) mass is 333 g/mol. The summed E-state index contributed by atoms with van der Waals surface area (Å²) in [6.07, 6.45) is 2.23. The molecular weight excluding hydrogens is 306 g/mol. The standard InChI is InChI=1S/C17H27N5O2/c1-13-10-15(20(2)3)19-17(18-13)14-12-24-9-8-22(14)11-16(23)21-6-4-5-7-21/h10,14H,4-9,11-12H2,1-3H3. The minimum Gasteiger partial charge on any atom is -0.378 e. The van der Waals surface area contributed by atoms with Gasteiger partial charge in [-0.2, -0.15) is 0 Å². The maximum Gasteiger partial charge on any atom is 0.236 e. The van der Waals surface area contributed by atoms with Crippen LogP contribution in [0.15, 0.2) is 6.07 Å². The van der Waals surface area contributed by atoms with Crippen LogP contribution in [-0.2, 0) is 9.53 Å². The number of hydrogen-bond acceptors (Lipinski definition) is 6. The van der Waals surface area contributed by atoms with Crippen LogP contribution in [0.1, 0.15) is 30.4 Å². The van der Waals surface area contributed by atoms with E-state index in [4.69, 9.17) is 4.74 Å². The molecule has 2 saturated heterocycles. The Morgan fingerprint density at radius 1 is 1.29 bits per heavy atom. The molecule has 2 aliphatic heterocycles. The Morgan fingerprint density at radius 2 is 2.04 bits per heavy atom. The van der Waals surface area contributed by atoms with Crippen LogP contribution in [-0.4, -0.2) is 79.2 Å². The SMILES string of the molecule is Cc1cc(N(C)C)nc(C2COCCN2CC(=O)N2CCCC2)n1. The first kappa shape index (κ1) is 17.1. The fourth-order valence-corrected chi connectivity index (χ4v) is 3.26. The largest absolute Gasteiger partial charge is 0.378 e. The highest BCUT2D eigenvalue weighted by Crippen LogP contribution is 2.24. The van der Waals surface area contributed by atoms with Gasteiger partial charge in [0.05, 0.1) is 25.8 Å². The van der Waals surface area contributed by atoms with Gasteiger partial charge in [-0.1, -0.05) is 0 Å². The zero-order valence-corrected chi connectivity index (χ0v) is 14.9. The van der Waals surface area contributed by atoms with E-state index in [1.165, 1.54) is 0 Å². The van der Waals surface area contributed by atoms with E-state index in [1.807, 2.05) is 36.9 Å². The summed E-state index contributed by atoms with van der Waals surface area (Å²) in [6, 6.07) is 1.90. The number of ether oxygens (including phenoxy) is 1. The topological polar surface area (TPSA) is 61.8 Å². The Hall–Kier alpha value is -1.73. The number of morpholine rings is 1. The highest BCUT2D eigenvalue weighted by Gasteiger charge is 2.30. The Morgan fingerprint density at radius 3 is 2.75 bits per heavy atom. The minimum absolute atomic E-state index is 0.0658. The summed E-state index contributed by atoms with van der Waals surface area (Å²) in [5.41, 5.74) is 0.931. The van der Waals surface area contributed by atoms with Crippen molar-refractivity contribution in [3.05, 3.63) is 17.6 Å². The Kier molecular flexibility index (Phi) is 5.30. The zero-order valence-electron chi connectivity index (χ0n) is 14.9. The lowest BCUT2D eigenvalue weighted by Gasteiger charge is -2.35. The summed E-state index contributed by atoms with van der Waals surface area (Å²) in [4.78, 5) is 27.9. The third kappa shape index (κ3) is 3.84. The Balaban J connectivity index is 1.77. The van der Waals surface area contributed by atoms with Gasteiger partial charge in [0.1, 0.15) is 11.6 Å². The van der Waals surface area contributed by atoms with E-state index in [9.17, 15) is 4.79 Å². The van der Waals surface area contributed by atoms with Crippen LogP contribution in [0.2, 0.25) is 0 Å². The van der Waals surface area contributed by atoms with Crippen molar-refractivity contribution in [1.29, 1.82) is 0 Å². The molecule has 132 valence electrons. The van der Waals surface area contributed by atoms with Gasteiger partial charge >= 0.3 is 0 Å². The van der Waals surface area contributed by atoms with Crippen LogP contribution in [0.25, 0.3) is 0 Å². The number of rotatable bonds is 4. The smallest absolute Gasteiger partial charge is 0.236 e. The molecule has 1 aromatic rings. The van der Waals surface area contributed by atoms with Crippen LogP contribution >= 0.6 is 0 Å². The maximum absolute atomic E-state index is 12.5. The normalized spacial score (nSPS) is 22.0. The van der Waals surface area contributed by atoms with Crippen LogP contribution in [0.4, 0.5) is 5.82 Å². The molecule has 0 bridgehead atoms. The third-order valence-corrected chi connectivity index (χ3v) is 4.65. The second kappa shape index (κ2) is 7.44. The second-order valence-corrected chi connectivity index (χ2v) is 6.77. The lowest BCUT2D eigenvalue weighted by molar-refractivity contribution is -0.133. The number of amides is 1. The molecule has 1 aromatic heterocycles. The lowest BCUT2D eigenvalue weighted by Crippen LogP contribution is -2.46. The number of aromatic nitrogens is 2. The van der Waals surface area contributed by atoms with E-state index < -0.39 is 0 Å². The number of carbonyl (C=O) groups is 1. The van der Waals surface area contributed by atoms with E-state index in [2.05, 4.69) is 14.9 Å². The Bertz CT molecular complexity index is 586. The molecule has 0 radical (unpaired) electrons. The second-order valence-electron chi connectivity index (χ2n) is 6.77. The van der Waals surface area contributed by atoms with E-state index >= 15 is 0 Å². The fourth-order valence-electron chi connectivity index (χ4n) is 3.26. The van der Waals surface area contributed by atoms with E-state index in [0.717, 1.165) is 49.8 Å². The molecule has 3 heterocycles. The number of carbonyl (C=O) groups excluding carboxylic acids is 1. The van der Waals surface area contributed by atoms with Gasteiger partial charge in [0.15, 0.2) is 0 Å². The van der Waals surface area contributed by atoms with Crippen molar-refractivity contribution < 1.29 is 9.53 Å². The zero-order chi connectivity index (χ0) is 17.1. The molecule has 1 atom stereocenters. The molecule has 2 fully saturated rings. The molecule has 1 amide bonds. The molecule has 0 aromatic carbocycles. The number of anilines is 1. The van der Waals surface area contributed by atoms with Crippen molar-refractivity contribution in [2.75, 3.05) is 58.4 Å². The molecule has 1 unspecified atom stereocenters. The third-order valence-electron chi connectivity index (χ3n) is 4.65. The van der Waals surface area contributed by atoms with E-state index in [1.54, 1.807) is 0 Å². The molecule has 24 heavy (non-hydrogen) atoms. The van der Waals surface area contributed by atoms with Gasteiger partial charge in [-0.3, -0.25) is 9.69 Å². The molecular formula is C17H27N5O2. The predicted molar refractivity (Wildman–Crippen MR) is 92.0 cm³/mol. The van der Waals surface area contributed by atoms with Gasteiger partial charge in [0.2, 0.25) is 5.91 Å². The first-order valence-electron chi connectivity index (χ1n) is 8.67. The van der Waals surface area contributed by atoms with Crippen LogP contribution < -0.4 is 4.90 Å². The summed E-state index contributed by atoms with van der Waals surface area (Å²) in [7, 11) is 3.94. The molecule has 0 N–H and O–H groups in total. The van der Waals surface area contributed by atoms with Crippen molar-refractivity contribution in [2.45, 2.75) is 25.8 Å². The van der Waals surface area contributed by atoms with Gasteiger partial charge in [-0.15, -0.1) is 0 Å². The first-order valence-corrected chi connectivity index (χ1v) is 8.67. The highest BCUT2D eigenvalue weighted by molar-refractivity contribution is 5.78. The molecule has 3 rings (SSSR count). The molecule has 0 aliphatic carbocycles. The van der Waals surface area contributed by atoms with Crippen LogP contribution in [0, 0.1) is 6.92 Å². The van der Waals surface area contributed by atoms with Crippen molar-refractivity contribution in [1.82, 2.24) is 19.8 Å². The summed E-state index contributed by atoms with van der Waals surface area (Å²) < 4.78 is 5.65. The van der Waals surface area contributed by atoms with Gasteiger partial charge in [0, 0.05) is 45.5 Å². The van der Waals surface area contributed by atoms with E-state index in [-0.39, 0.29) is 11.9 Å². The van der Waals surface area contributed by atoms with Crippen molar-refractivity contribution >= 4 is 11.7 Å². The summed E-state index contributed by atoms with van der Waals surface area (Å²) in [5, 5.41) is 0. The highest BCUT2D eigenvalue weighted by atomic mass is 16.5. The Labute approximate surface area is 143 Å². The quantitative estimate of drug-likeness (QED) is 0.814. The van der Waals surface area contributed by atoms with Crippen molar-refractivity contribution in [3.63, 3.8) is 0 Å². The predicted octanol–water partition coefficient (Wildman–Crippen LogP) is 0.847. The van der Waals surface area contributed by atoms with Crippen LogP contribution in [0.5, 0.6) is 0 Å². The maximum atomic E-state index is 12.5. The number of nitrogens with zero attached hydrogens (tertiary/aromatic N) is 5. The number of likely N-dealkylation sites (tertiary alicyclic amines) is 1. The van der Waals surface area contributed by atoms with E-state index in [0.29, 0.717) is 19.8 Å². The number of aryl methyl sites for hydroxylation is 1. The van der Waals surface area contributed by atoms with Crippen molar-refractivity contribution in [3.8, 4) is 0 Å². The average molecular weight is 333 g/mol.